The minimum Gasteiger partial charge on any atom is -0.159 e. The number of hydrogen-bond donors (Lipinski definition) is 1. The number of unbranched alkanes of at least 4 members (excludes halogenated alkanes) is 1. The third-order valence-electron chi connectivity index (χ3n) is 6.74. The second-order valence-electron chi connectivity index (χ2n) is 9.82. The van der Waals surface area contributed by atoms with E-state index in [-0.39, 0.29) is 4.08 Å². The number of thioether (sulfide) groups is 3. The molecule has 0 saturated heterocycles. The van der Waals surface area contributed by atoms with Crippen LogP contribution < -0.4 is 0 Å². The molecule has 2 unspecified atom stereocenters. The fourth-order valence-electron chi connectivity index (χ4n) is 4.54. The highest BCUT2D eigenvalue weighted by Crippen LogP contribution is 2.49. The Morgan fingerprint density at radius 3 is 1.67 bits per heavy atom. The predicted octanol–water partition coefficient (Wildman–Crippen LogP) is 10.2. The van der Waals surface area contributed by atoms with Gasteiger partial charge in [-0.1, -0.05) is 121 Å². The first-order valence-electron chi connectivity index (χ1n) is 14.0. The van der Waals surface area contributed by atoms with E-state index in [4.69, 9.17) is 12.6 Å². The van der Waals surface area contributed by atoms with Crippen molar-refractivity contribution in [2.24, 2.45) is 0 Å². The summed E-state index contributed by atoms with van der Waals surface area (Å²) in [6, 6.07) is 43.6. The molecule has 0 heterocycles. The molecule has 0 aliphatic heterocycles. The fourth-order valence-corrected chi connectivity index (χ4v) is 9.97. The lowest BCUT2D eigenvalue weighted by atomic mass is 10.1. The largest absolute Gasteiger partial charge is 0.159 e. The molecule has 204 valence electrons. The maximum atomic E-state index is 5.43. The van der Waals surface area contributed by atoms with Gasteiger partial charge in [0.1, 0.15) is 0 Å². The Morgan fingerprint density at radius 1 is 0.564 bits per heavy atom. The van der Waals surface area contributed by atoms with Gasteiger partial charge in [0.05, 0.1) is 8.66 Å². The zero-order valence-electron chi connectivity index (χ0n) is 22.7. The summed E-state index contributed by atoms with van der Waals surface area (Å²) in [5.74, 6) is 3.30. The molecule has 0 aliphatic carbocycles. The van der Waals surface area contributed by atoms with Gasteiger partial charge in [-0.2, -0.15) is 24.4 Å². The fraction of sp³-hybridized carbons (Fsp3) is 0.314. The van der Waals surface area contributed by atoms with Gasteiger partial charge in [0, 0.05) is 5.75 Å². The van der Waals surface area contributed by atoms with Crippen molar-refractivity contribution in [3.8, 4) is 0 Å². The lowest BCUT2D eigenvalue weighted by Gasteiger charge is -2.32. The SMILES string of the molecule is SC(CSCCc1ccccc1)(SC(CCc1ccccc1)SCCCCc1ccccc1)c1ccccc1. The van der Waals surface area contributed by atoms with Crippen molar-refractivity contribution in [2.75, 3.05) is 17.3 Å². The Morgan fingerprint density at radius 2 is 1.08 bits per heavy atom. The maximum Gasteiger partial charge on any atom is 0.0932 e. The molecule has 0 radical (unpaired) electrons. The molecule has 0 fully saturated rings. The van der Waals surface area contributed by atoms with Crippen LogP contribution in [-0.2, 0) is 23.3 Å². The van der Waals surface area contributed by atoms with Crippen molar-refractivity contribution in [3.05, 3.63) is 144 Å². The van der Waals surface area contributed by atoms with E-state index in [9.17, 15) is 0 Å². The van der Waals surface area contributed by atoms with E-state index in [1.54, 1.807) is 0 Å². The van der Waals surface area contributed by atoms with E-state index in [0.717, 1.165) is 30.8 Å². The van der Waals surface area contributed by atoms with Gasteiger partial charge < -0.3 is 0 Å². The molecule has 0 bridgehead atoms. The normalized spacial score (nSPS) is 13.6. The first-order valence-corrected chi connectivity index (χ1v) is 17.5. The van der Waals surface area contributed by atoms with Crippen LogP contribution >= 0.6 is 47.9 Å². The molecular weight excluding hydrogens is 549 g/mol. The quantitative estimate of drug-likeness (QED) is 0.0741. The summed E-state index contributed by atoms with van der Waals surface area (Å²) in [7, 11) is 0. The van der Waals surface area contributed by atoms with Crippen molar-refractivity contribution in [1.82, 2.24) is 0 Å². The van der Waals surface area contributed by atoms with Crippen molar-refractivity contribution in [1.29, 1.82) is 0 Å². The van der Waals surface area contributed by atoms with Crippen LogP contribution in [0.1, 0.15) is 41.5 Å². The number of aryl methyl sites for hydroxylation is 3. The topological polar surface area (TPSA) is 0 Å². The van der Waals surface area contributed by atoms with E-state index >= 15 is 0 Å². The van der Waals surface area contributed by atoms with Gasteiger partial charge in [-0.3, -0.25) is 0 Å². The van der Waals surface area contributed by atoms with Crippen molar-refractivity contribution < 1.29 is 0 Å². The smallest absolute Gasteiger partial charge is 0.0932 e. The number of benzene rings is 4. The minimum atomic E-state index is -0.221. The van der Waals surface area contributed by atoms with Gasteiger partial charge in [-0.25, -0.2) is 0 Å². The van der Waals surface area contributed by atoms with Crippen LogP contribution in [-0.4, -0.2) is 21.8 Å². The van der Waals surface area contributed by atoms with E-state index in [1.165, 1.54) is 47.3 Å². The molecule has 0 amide bonds. The second-order valence-corrected chi connectivity index (χ2v) is 15.1. The van der Waals surface area contributed by atoms with E-state index in [0.29, 0.717) is 4.58 Å². The highest BCUT2D eigenvalue weighted by atomic mass is 32.2. The number of rotatable bonds is 17. The maximum absolute atomic E-state index is 5.43. The van der Waals surface area contributed by atoms with Crippen molar-refractivity contribution >= 4 is 47.9 Å². The molecule has 2 atom stereocenters. The molecule has 39 heavy (non-hydrogen) atoms. The minimum absolute atomic E-state index is 0.221. The van der Waals surface area contributed by atoms with Crippen LogP contribution in [0.5, 0.6) is 0 Å². The standard InChI is InChI=1S/C35H40S4/c36-35(33-22-11-4-12-23-33,29-37-28-26-32-19-9-3-10-20-32)39-34(25-24-31-17-7-2-8-18-31)38-27-14-13-21-30-15-5-1-6-16-30/h1-12,15-20,22-23,34,36H,13-14,21,24-29H2. The summed E-state index contributed by atoms with van der Waals surface area (Å²) < 4.78 is 0.274. The van der Waals surface area contributed by atoms with Crippen molar-refractivity contribution in [3.63, 3.8) is 0 Å². The molecule has 0 aromatic heterocycles. The molecule has 0 N–H and O–H groups in total. The average molecular weight is 589 g/mol. The zero-order chi connectivity index (χ0) is 27.0. The number of thiol groups is 1. The summed E-state index contributed by atoms with van der Waals surface area (Å²) in [6.07, 6.45) is 7.02. The summed E-state index contributed by atoms with van der Waals surface area (Å²) in [6.45, 7) is 0. The summed E-state index contributed by atoms with van der Waals surface area (Å²) in [5.41, 5.74) is 5.60. The van der Waals surface area contributed by atoms with E-state index in [2.05, 4.69) is 145 Å². The predicted molar refractivity (Wildman–Crippen MR) is 183 cm³/mol. The molecule has 4 aromatic carbocycles. The third kappa shape index (κ3) is 11.0. The third-order valence-corrected chi connectivity index (χ3v) is 12.1. The van der Waals surface area contributed by atoms with Crippen LogP contribution in [0.3, 0.4) is 0 Å². The Labute approximate surface area is 254 Å². The molecule has 0 spiro atoms. The molecule has 0 aliphatic rings. The first kappa shape index (κ1) is 30.2. The lowest BCUT2D eigenvalue weighted by Crippen LogP contribution is -2.22. The highest BCUT2D eigenvalue weighted by Gasteiger charge is 2.32. The van der Waals surface area contributed by atoms with Gasteiger partial charge in [-0.15, -0.1) is 23.5 Å². The molecular formula is C35H40S4. The zero-order valence-corrected chi connectivity index (χ0v) is 26.0. The van der Waals surface area contributed by atoms with Gasteiger partial charge in [0.25, 0.3) is 0 Å². The van der Waals surface area contributed by atoms with Gasteiger partial charge in [-0.05, 0) is 72.3 Å². The summed E-state index contributed by atoms with van der Waals surface area (Å²) in [5, 5.41) is 0. The Hall–Kier alpha value is -1.72. The van der Waals surface area contributed by atoms with Crippen LogP contribution in [0.4, 0.5) is 0 Å². The second kappa shape index (κ2) is 17.2. The van der Waals surface area contributed by atoms with E-state index in [1.807, 2.05) is 11.8 Å². The van der Waals surface area contributed by atoms with E-state index < -0.39 is 0 Å². The molecule has 4 heteroatoms. The lowest BCUT2D eigenvalue weighted by molar-refractivity contribution is 0.800. The Bertz CT molecular complexity index is 1170. The van der Waals surface area contributed by atoms with Gasteiger partial charge in [0.2, 0.25) is 0 Å². The van der Waals surface area contributed by atoms with Gasteiger partial charge in [0.15, 0.2) is 0 Å². The monoisotopic (exact) mass is 588 g/mol. The molecule has 4 rings (SSSR count). The van der Waals surface area contributed by atoms with Crippen LogP contribution in [0.15, 0.2) is 121 Å². The molecule has 4 aromatic rings. The number of hydrogen-bond acceptors (Lipinski definition) is 4. The van der Waals surface area contributed by atoms with Crippen LogP contribution in [0.2, 0.25) is 0 Å². The molecule has 0 saturated carbocycles. The van der Waals surface area contributed by atoms with Crippen LogP contribution in [0.25, 0.3) is 0 Å². The molecule has 0 nitrogen and oxygen atoms in total. The average Bonchev–Trinajstić information content (AvgIpc) is 3.00. The van der Waals surface area contributed by atoms with Crippen molar-refractivity contribution in [2.45, 2.75) is 47.2 Å². The summed E-state index contributed by atoms with van der Waals surface area (Å²) >= 11 is 11.7. The van der Waals surface area contributed by atoms with Gasteiger partial charge >= 0.3 is 0 Å². The summed E-state index contributed by atoms with van der Waals surface area (Å²) in [4.78, 5) is 0. The first-order chi connectivity index (χ1) is 19.2. The Balaban J connectivity index is 1.37. The highest BCUT2D eigenvalue weighted by molar-refractivity contribution is 8.22. The van der Waals surface area contributed by atoms with Crippen LogP contribution in [0, 0.1) is 0 Å². The Kier molecular flexibility index (Phi) is 13.3.